The Balaban J connectivity index is 1.21. The van der Waals surface area contributed by atoms with E-state index in [-0.39, 0.29) is 17.2 Å². The van der Waals surface area contributed by atoms with Crippen LogP contribution in [0.5, 0.6) is 0 Å². The van der Waals surface area contributed by atoms with E-state index in [1.165, 1.54) is 5.56 Å². The van der Waals surface area contributed by atoms with Gasteiger partial charge in [-0.2, -0.15) is 0 Å². The average Bonchev–Trinajstić information content (AvgIpc) is 3.28. The molecule has 0 saturated carbocycles. The molecule has 3 aromatic rings. The van der Waals surface area contributed by atoms with E-state index in [1.54, 1.807) is 0 Å². The van der Waals surface area contributed by atoms with E-state index >= 15 is 0 Å². The molecule has 2 bridgehead atoms. The number of carbonyl (C=O) groups is 1. The monoisotopic (exact) mass is 443 g/mol. The van der Waals surface area contributed by atoms with Gasteiger partial charge in [0.15, 0.2) is 0 Å². The summed E-state index contributed by atoms with van der Waals surface area (Å²) in [4.78, 5) is 15.4. The molecule has 172 valence electrons. The van der Waals surface area contributed by atoms with Gasteiger partial charge in [-0.05, 0) is 48.4 Å². The Bertz CT molecular complexity index is 1100. The van der Waals surface area contributed by atoms with Crippen LogP contribution in [0.4, 0.5) is 5.69 Å². The van der Waals surface area contributed by atoms with Crippen molar-refractivity contribution in [2.24, 2.45) is 11.8 Å². The highest BCUT2D eigenvalue weighted by Crippen LogP contribution is 2.37. The minimum absolute atomic E-state index is 0.0582. The predicted octanol–water partition coefficient (Wildman–Crippen LogP) is 4.59. The number of rotatable bonds is 5. The molecule has 2 aromatic carbocycles. The average molecular weight is 444 g/mol. The van der Waals surface area contributed by atoms with E-state index in [0.29, 0.717) is 12.0 Å². The van der Waals surface area contributed by atoms with E-state index < -0.39 is 0 Å². The Morgan fingerprint density at radius 1 is 1.09 bits per heavy atom. The molecular formula is C27H33N5O. The Morgan fingerprint density at radius 3 is 2.52 bits per heavy atom. The zero-order valence-corrected chi connectivity index (χ0v) is 19.7. The van der Waals surface area contributed by atoms with Crippen LogP contribution in [-0.4, -0.2) is 44.9 Å². The highest BCUT2D eigenvalue weighted by molar-refractivity contribution is 5.93. The van der Waals surface area contributed by atoms with Crippen molar-refractivity contribution in [3.05, 3.63) is 66.4 Å². The molecule has 6 nitrogen and oxygen atoms in total. The normalized spacial score (nSPS) is 24.6. The Labute approximate surface area is 196 Å². The molecule has 33 heavy (non-hydrogen) atoms. The number of hydrogen-bond donors (Lipinski definition) is 1. The fraction of sp³-hybridized carbons (Fsp3) is 0.444. The first-order valence-electron chi connectivity index (χ1n) is 12.0. The van der Waals surface area contributed by atoms with Crippen molar-refractivity contribution in [2.45, 2.75) is 51.6 Å². The van der Waals surface area contributed by atoms with Crippen LogP contribution in [0.3, 0.4) is 0 Å². The smallest absolute Gasteiger partial charge is 0.229 e. The van der Waals surface area contributed by atoms with E-state index in [2.05, 4.69) is 71.8 Å². The molecule has 1 amide bonds. The van der Waals surface area contributed by atoms with Crippen LogP contribution in [0.25, 0.3) is 11.3 Å². The molecule has 1 aromatic heterocycles. The first kappa shape index (κ1) is 21.8. The SMILES string of the molecule is CC(C)(C)c1ccc(-c2cn(C[C@H]3C[C@@H]4CCN3C[C@@H]4C(=O)Nc3ccccc3)nn2)cc1. The van der Waals surface area contributed by atoms with Crippen LogP contribution in [0, 0.1) is 11.8 Å². The van der Waals surface area contributed by atoms with Crippen LogP contribution in [0.2, 0.25) is 0 Å². The fourth-order valence-corrected chi connectivity index (χ4v) is 5.26. The molecule has 3 aliphatic heterocycles. The van der Waals surface area contributed by atoms with Crippen LogP contribution >= 0.6 is 0 Å². The third kappa shape index (κ3) is 4.71. The first-order valence-corrected chi connectivity index (χ1v) is 12.0. The lowest BCUT2D eigenvalue weighted by Gasteiger charge is -2.49. The lowest BCUT2D eigenvalue weighted by atomic mass is 9.75. The maximum absolute atomic E-state index is 12.9. The number of amides is 1. The van der Waals surface area contributed by atoms with E-state index in [4.69, 9.17) is 0 Å². The lowest BCUT2D eigenvalue weighted by molar-refractivity contribution is -0.127. The van der Waals surface area contributed by atoms with Gasteiger partial charge in [-0.15, -0.1) is 5.10 Å². The lowest BCUT2D eigenvalue weighted by Crippen LogP contribution is -2.57. The summed E-state index contributed by atoms with van der Waals surface area (Å²) in [5.74, 6) is 0.635. The molecule has 1 unspecified atom stereocenters. The number of fused-ring (bicyclic) bond motifs is 3. The largest absolute Gasteiger partial charge is 0.326 e. The van der Waals surface area contributed by atoms with Crippen molar-refractivity contribution in [2.75, 3.05) is 18.4 Å². The second-order valence-corrected chi connectivity index (χ2v) is 10.5. The van der Waals surface area contributed by atoms with Gasteiger partial charge in [-0.1, -0.05) is 68.4 Å². The molecule has 4 heterocycles. The van der Waals surface area contributed by atoms with Crippen LogP contribution < -0.4 is 5.32 Å². The van der Waals surface area contributed by atoms with Gasteiger partial charge in [0.25, 0.3) is 0 Å². The molecule has 1 N–H and O–H groups in total. The van der Waals surface area contributed by atoms with Gasteiger partial charge in [-0.25, -0.2) is 0 Å². The van der Waals surface area contributed by atoms with Gasteiger partial charge in [0.05, 0.1) is 18.7 Å². The molecule has 6 rings (SSSR count). The predicted molar refractivity (Wildman–Crippen MR) is 131 cm³/mol. The van der Waals surface area contributed by atoms with E-state index in [9.17, 15) is 4.79 Å². The van der Waals surface area contributed by atoms with Gasteiger partial charge in [0.2, 0.25) is 5.91 Å². The van der Waals surface area contributed by atoms with E-state index in [1.807, 2.05) is 35.0 Å². The van der Waals surface area contributed by atoms with Gasteiger partial charge in [0, 0.05) is 23.8 Å². The van der Waals surface area contributed by atoms with Gasteiger partial charge in [0.1, 0.15) is 5.69 Å². The maximum atomic E-state index is 12.9. The summed E-state index contributed by atoms with van der Waals surface area (Å²) in [6.45, 7) is 9.37. The van der Waals surface area contributed by atoms with Crippen LogP contribution in [0.1, 0.15) is 39.2 Å². The number of benzene rings is 2. The molecule has 6 heteroatoms. The molecule has 3 fully saturated rings. The summed E-state index contributed by atoms with van der Waals surface area (Å²) < 4.78 is 1.97. The number of carbonyl (C=O) groups excluding carboxylic acids is 1. The second kappa shape index (κ2) is 8.75. The van der Waals surface area contributed by atoms with Crippen molar-refractivity contribution in [1.29, 1.82) is 0 Å². The molecule has 3 aliphatic rings. The standard InChI is InChI=1S/C27H33N5O/c1-27(2,3)21-11-9-19(10-12-21)25-18-32(30-29-25)16-23-15-20-13-14-31(23)17-24(20)26(33)28-22-7-5-4-6-8-22/h4-12,18,20,23-24H,13-17H2,1-3H3,(H,28,33)/t20-,23+,24-/m0/s1. The fourth-order valence-electron chi connectivity index (χ4n) is 5.26. The number of para-hydroxylation sites is 1. The Hall–Kier alpha value is -2.99. The summed E-state index contributed by atoms with van der Waals surface area (Å²) in [7, 11) is 0. The number of nitrogens with one attached hydrogen (secondary N) is 1. The molecule has 0 spiro atoms. The van der Waals surface area contributed by atoms with Crippen LogP contribution in [-0.2, 0) is 16.8 Å². The Morgan fingerprint density at radius 2 is 1.85 bits per heavy atom. The zero-order valence-electron chi connectivity index (χ0n) is 19.7. The minimum Gasteiger partial charge on any atom is -0.326 e. The molecular weight excluding hydrogens is 410 g/mol. The summed E-state index contributed by atoms with van der Waals surface area (Å²) >= 11 is 0. The van der Waals surface area contributed by atoms with Crippen LogP contribution in [0.15, 0.2) is 60.8 Å². The third-order valence-electron chi connectivity index (χ3n) is 7.24. The van der Waals surface area contributed by atoms with E-state index in [0.717, 1.165) is 49.4 Å². The number of anilines is 1. The number of nitrogens with zero attached hydrogens (tertiary/aromatic N) is 4. The van der Waals surface area contributed by atoms with Gasteiger partial charge < -0.3 is 5.32 Å². The van der Waals surface area contributed by atoms with Crippen molar-refractivity contribution >= 4 is 11.6 Å². The quantitative estimate of drug-likeness (QED) is 0.626. The van der Waals surface area contributed by atoms with Crippen molar-refractivity contribution < 1.29 is 4.79 Å². The number of aromatic nitrogens is 3. The summed E-state index contributed by atoms with van der Waals surface area (Å²) in [5, 5.41) is 11.9. The third-order valence-corrected chi connectivity index (χ3v) is 7.24. The molecule has 0 radical (unpaired) electrons. The maximum Gasteiger partial charge on any atom is 0.229 e. The van der Waals surface area contributed by atoms with Gasteiger partial charge >= 0.3 is 0 Å². The van der Waals surface area contributed by atoms with Crippen molar-refractivity contribution in [1.82, 2.24) is 19.9 Å². The molecule has 4 atom stereocenters. The zero-order chi connectivity index (χ0) is 23.0. The summed E-state index contributed by atoms with van der Waals surface area (Å²) in [5.41, 5.74) is 4.33. The van der Waals surface area contributed by atoms with Crippen molar-refractivity contribution in [3.8, 4) is 11.3 Å². The molecule has 0 aliphatic carbocycles. The Kier molecular flexibility index (Phi) is 5.79. The van der Waals surface area contributed by atoms with Crippen molar-refractivity contribution in [3.63, 3.8) is 0 Å². The first-order chi connectivity index (χ1) is 15.9. The molecule has 3 saturated heterocycles. The van der Waals surface area contributed by atoms with Gasteiger partial charge in [-0.3, -0.25) is 14.4 Å². The topological polar surface area (TPSA) is 63.1 Å². The number of piperidine rings is 3. The summed E-state index contributed by atoms with van der Waals surface area (Å²) in [6, 6.07) is 18.8. The highest BCUT2D eigenvalue weighted by atomic mass is 16.2. The summed E-state index contributed by atoms with van der Waals surface area (Å²) in [6.07, 6.45) is 4.17. The minimum atomic E-state index is 0.0582. The highest BCUT2D eigenvalue weighted by Gasteiger charge is 2.43. The second-order valence-electron chi connectivity index (χ2n) is 10.5. The number of hydrogen-bond acceptors (Lipinski definition) is 4.